The summed E-state index contributed by atoms with van der Waals surface area (Å²) in [6, 6.07) is 4.25. The molecule has 6 heteroatoms. The number of halogens is 1. The fourth-order valence-electron chi connectivity index (χ4n) is 1.06. The highest BCUT2D eigenvalue weighted by molar-refractivity contribution is 7.89. The van der Waals surface area contributed by atoms with Crippen LogP contribution in [0.1, 0.15) is 6.92 Å². The van der Waals surface area contributed by atoms with Gasteiger partial charge in [0.2, 0.25) is 10.0 Å². The number of rotatable bonds is 4. The second kappa shape index (κ2) is 4.86. The lowest BCUT2D eigenvalue weighted by Gasteiger charge is -2.08. The van der Waals surface area contributed by atoms with Crippen molar-refractivity contribution in [1.29, 1.82) is 0 Å². The lowest BCUT2D eigenvalue weighted by molar-refractivity contribution is 0.585. The molecule has 0 amide bonds. The van der Waals surface area contributed by atoms with Gasteiger partial charge in [0.05, 0.1) is 5.69 Å². The van der Waals surface area contributed by atoms with Crippen LogP contribution in [-0.4, -0.2) is 15.0 Å². The number of nitrogens with two attached hydrogens (primary N) is 1. The van der Waals surface area contributed by atoms with Gasteiger partial charge in [0.1, 0.15) is 4.90 Å². The molecule has 0 heterocycles. The average Bonchev–Trinajstić information content (AvgIpc) is 2.14. The third-order valence-electron chi connectivity index (χ3n) is 1.83. The Morgan fingerprint density at radius 1 is 1.56 bits per heavy atom. The number of hydrogen-bond donors (Lipinski definition) is 2. The summed E-state index contributed by atoms with van der Waals surface area (Å²) < 4.78 is 26.0. The van der Waals surface area contributed by atoms with E-state index in [0.717, 1.165) is 5.57 Å². The van der Waals surface area contributed by atoms with Crippen LogP contribution in [0, 0.1) is 0 Å². The molecule has 0 aromatic heterocycles. The third kappa shape index (κ3) is 3.23. The van der Waals surface area contributed by atoms with Gasteiger partial charge in [-0.1, -0.05) is 23.8 Å². The first-order valence-corrected chi connectivity index (χ1v) is 6.38. The van der Waals surface area contributed by atoms with Crippen molar-refractivity contribution in [2.45, 2.75) is 11.8 Å². The largest absolute Gasteiger partial charge is 0.398 e. The average molecular weight is 261 g/mol. The van der Waals surface area contributed by atoms with Crippen molar-refractivity contribution in [3.8, 4) is 0 Å². The second-order valence-corrected chi connectivity index (χ2v) is 5.64. The minimum atomic E-state index is -3.60. The zero-order chi connectivity index (χ0) is 12.3. The molecule has 0 spiro atoms. The Morgan fingerprint density at radius 3 is 2.69 bits per heavy atom. The molecule has 0 saturated carbocycles. The van der Waals surface area contributed by atoms with Gasteiger partial charge in [0, 0.05) is 11.6 Å². The maximum absolute atomic E-state index is 11.8. The Balaban J connectivity index is 3.03. The fourth-order valence-corrected chi connectivity index (χ4v) is 2.45. The first kappa shape index (κ1) is 13.0. The molecule has 88 valence electrons. The molecule has 0 radical (unpaired) electrons. The molecule has 0 aliphatic rings. The lowest BCUT2D eigenvalue weighted by atomic mass is 10.3. The smallest absolute Gasteiger partial charge is 0.242 e. The van der Waals surface area contributed by atoms with Gasteiger partial charge in [-0.3, -0.25) is 0 Å². The SMILES string of the molecule is C=C(C)CNS(=O)(=O)c1ccc(Cl)cc1N. The molecule has 4 nitrogen and oxygen atoms in total. The van der Waals surface area contributed by atoms with Crippen molar-refractivity contribution in [1.82, 2.24) is 4.72 Å². The van der Waals surface area contributed by atoms with Gasteiger partial charge in [-0.15, -0.1) is 0 Å². The third-order valence-corrected chi connectivity index (χ3v) is 3.54. The molecule has 0 atom stereocenters. The maximum atomic E-state index is 11.8. The van der Waals surface area contributed by atoms with Crippen LogP contribution in [0.15, 0.2) is 35.2 Å². The van der Waals surface area contributed by atoms with Crippen LogP contribution in [0.4, 0.5) is 5.69 Å². The van der Waals surface area contributed by atoms with Crippen LogP contribution in [0.3, 0.4) is 0 Å². The van der Waals surface area contributed by atoms with Gasteiger partial charge < -0.3 is 5.73 Å². The van der Waals surface area contributed by atoms with Gasteiger partial charge >= 0.3 is 0 Å². The zero-order valence-corrected chi connectivity index (χ0v) is 10.4. The summed E-state index contributed by atoms with van der Waals surface area (Å²) >= 11 is 5.69. The molecule has 16 heavy (non-hydrogen) atoms. The predicted octanol–water partition coefficient (Wildman–Crippen LogP) is 1.78. The van der Waals surface area contributed by atoms with Crippen LogP contribution in [0.5, 0.6) is 0 Å². The molecule has 1 aromatic carbocycles. The molecular weight excluding hydrogens is 248 g/mol. The van der Waals surface area contributed by atoms with E-state index in [1.807, 2.05) is 0 Å². The molecule has 0 unspecified atom stereocenters. The summed E-state index contributed by atoms with van der Waals surface area (Å²) in [7, 11) is -3.60. The van der Waals surface area contributed by atoms with Gasteiger partial charge in [-0.05, 0) is 25.1 Å². The molecule has 3 N–H and O–H groups in total. The van der Waals surface area contributed by atoms with Crippen LogP contribution in [-0.2, 0) is 10.0 Å². The molecule has 0 fully saturated rings. The normalized spacial score (nSPS) is 11.4. The first-order chi connectivity index (χ1) is 7.33. The van der Waals surface area contributed by atoms with E-state index in [2.05, 4.69) is 11.3 Å². The first-order valence-electron chi connectivity index (χ1n) is 4.52. The zero-order valence-electron chi connectivity index (χ0n) is 8.83. The second-order valence-electron chi connectivity index (χ2n) is 3.46. The minimum absolute atomic E-state index is 0.0261. The van der Waals surface area contributed by atoms with E-state index < -0.39 is 10.0 Å². The summed E-state index contributed by atoms with van der Waals surface area (Å²) in [4.78, 5) is 0.0261. The lowest BCUT2D eigenvalue weighted by Crippen LogP contribution is -2.25. The van der Waals surface area contributed by atoms with Crippen molar-refractivity contribution in [2.75, 3.05) is 12.3 Å². The number of nitrogen functional groups attached to an aromatic ring is 1. The molecule has 1 rings (SSSR count). The summed E-state index contributed by atoms with van der Waals surface area (Å²) in [5.41, 5.74) is 6.43. The van der Waals surface area contributed by atoms with E-state index in [4.69, 9.17) is 17.3 Å². The highest BCUT2D eigenvalue weighted by atomic mass is 35.5. The number of sulfonamides is 1. The van der Waals surface area contributed by atoms with E-state index in [0.29, 0.717) is 5.02 Å². The topological polar surface area (TPSA) is 72.2 Å². The van der Waals surface area contributed by atoms with Gasteiger partial charge in [0.25, 0.3) is 0 Å². The van der Waals surface area contributed by atoms with Crippen LogP contribution >= 0.6 is 11.6 Å². The molecule has 0 bridgehead atoms. The van der Waals surface area contributed by atoms with Crippen molar-refractivity contribution in [2.24, 2.45) is 0 Å². The summed E-state index contributed by atoms with van der Waals surface area (Å²) in [5, 5.41) is 0.399. The molecular formula is C10H13ClN2O2S. The summed E-state index contributed by atoms with van der Waals surface area (Å²) in [6.45, 7) is 5.52. The van der Waals surface area contributed by atoms with Crippen molar-refractivity contribution in [3.63, 3.8) is 0 Å². The van der Waals surface area contributed by atoms with Crippen molar-refractivity contribution < 1.29 is 8.42 Å². The van der Waals surface area contributed by atoms with Crippen molar-refractivity contribution in [3.05, 3.63) is 35.4 Å². The number of benzene rings is 1. The van der Waals surface area contributed by atoms with Crippen LogP contribution in [0.25, 0.3) is 0 Å². The number of nitrogens with one attached hydrogen (secondary N) is 1. The summed E-state index contributed by atoms with van der Waals surface area (Å²) in [5.74, 6) is 0. The Labute approximate surface area is 100 Å². The maximum Gasteiger partial charge on any atom is 0.242 e. The standard InChI is InChI=1S/C10H13ClN2O2S/c1-7(2)6-13-16(14,15)10-4-3-8(11)5-9(10)12/h3-5,13H,1,6,12H2,2H3. The van der Waals surface area contributed by atoms with E-state index in [9.17, 15) is 8.42 Å². The highest BCUT2D eigenvalue weighted by Gasteiger charge is 2.16. The highest BCUT2D eigenvalue weighted by Crippen LogP contribution is 2.22. The van der Waals surface area contributed by atoms with Gasteiger partial charge in [-0.25, -0.2) is 13.1 Å². The van der Waals surface area contributed by atoms with E-state index >= 15 is 0 Å². The van der Waals surface area contributed by atoms with Gasteiger partial charge in [-0.2, -0.15) is 0 Å². The Morgan fingerprint density at radius 2 is 2.19 bits per heavy atom. The van der Waals surface area contributed by atoms with E-state index in [1.165, 1.54) is 18.2 Å². The van der Waals surface area contributed by atoms with Crippen LogP contribution in [0.2, 0.25) is 5.02 Å². The Hall–Kier alpha value is -1.04. The molecule has 0 saturated heterocycles. The molecule has 0 aliphatic carbocycles. The van der Waals surface area contributed by atoms with E-state index in [1.54, 1.807) is 6.92 Å². The quantitative estimate of drug-likeness (QED) is 0.640. The predicted molar refractivity (Wildman–Crippen MR) is 65.9 cm³/mol. The monoisotopic (exact) mass is 260 g/mol. The Bertz CT molecular complexity index is 512. The van der Waals surface area contributed by atoms with Gasteiger partial charge in [0.15, 0.2) is 0 Å². The fraction of sp³-hybridized carbons (Fsp3) is 0.200. The Kier molecular flexibility index (Phi) is 3.96. The summed E-state index contributed by atoms with van der Waals surface area (Å²) in [6.07, 6.45) is 0. The molecule has 1 aromatic rings. The number of anilines is 1. The molecule has 0 aliphatic heterocycles. The minimum Gasteiger partial charge on any atom is -0.398 e. The van der Waals surface area contributed by atoms with Crippen LogP contribution < -0.4 is 10.5 Å². The van der Waals surface area contributed by atoms with Crippen molar-refractivity contribution >= 4 is 27.3 Å². The number of hydrogen-bond acceptors (Lipinski definition) is 3. The van der Waals surface area contributed by atoms with E-state index in [-0.39, 0.29) is 17.1 Å².